The summed E-state index contributed by atoms with van der Waals surface area (Å²) in [6.45, 7) is 14.1. The average molecular weight is 419 g/mol. The number of carbonyl (C=O) groups excluding carboxylic acids is 2. The van der Waals surface area contributed by atoms with Crippen LogP contribution in [-0.4, -0.2) is 25.2 Å². The van der Waals surface area contributed by atoms with Gasteiger partial charge >= 0.3 is 11.9 Å². The maximum atomic E-state index is 12.5. The van der Waals surface area contributed by atoms with Crippen molar-refractivity contribution in [1.29, 1.82) is 0 Å². The van der Waals surface area contributed by atoms with E-state index in [4.69, 9.17) is 9.47 Å². The topological polar surface area (TPSA) is 52.6 Å². The molecule has 0 saturated heterocycles. The summed E-state index contributed by atoms with van der Waals surface area (Å²) in [7, 11) is 0. The lowest BCUT2D eigenvalue weighted by Crippen LogP contribution is -2.16. The molecule has 4 nitrogen and oxygen atoms in total. The van der Waals surface area contributed by atoms with Gasteiger partial charge in [-0.2, -0.15) is 0 Å². The van der Waals surface area contributed by atoms with Gasteiger partial charge in [-0.25, -0.2) is 9.59 Å². The molecule has 4 heteroatoms. The summed E-state index contributed by atoms with van der Waals surface area (Å²) >= 11 is 0. The second-order valence-corrected chi connectivity index (χ2v) is 9.71. The number of rotatable bonds is 14. The van der Waals surface area contributed by atoms with Gasteiger partial charge in [-0.15, -0.1) is 0 Å². The van der Waals surface area contributed by atoms with Gasteiger partial charge in [0.15, 0.2) is 0 Å². The van der Waals surface area contributed by atoms with Crippen LogP contribution in [0.2, 0.25) is 0 Å². The Kier molecular flexibility index (Phi) is 11.8. The van der Waals surface area contributed by atoms with Crippen molar-refractivity contribution in [3.63, 3.8) is 0 Å². The summed E-state index contributed by atoms with van der Waals surface area (Å²) in [5.41, 5.74) is 0.822. The maximum absolute atomic E-state index is 12.5. The van der Waals surface area contributed by atoms with Crippen LogP contribution in [0.3, 0.4) is 0 Å². The third-order valence-corrected chi connectivity index (χ3v) is 5.47. The molecule has 0 amide bonds. The molecule has 0 aliphatic rings. The van der Waals surface area contributed by atoms with Crippen molar-refractivity contribution in [2.45, 2.75) is 86.5 Å². The Morgan fingerprint density at radius 2 is 1.43 bits per heavy atom. The fourth-order valence-corrected chi connectivity index (χ4v) is 4.03. The molecular weight excluding hydrogens is 376 g/mol. The van der Waals surface area contributed by atoms with Crippen LogP contribution in [0, 0.1) is 17.3 Å². The zero-order chi connectivity index (χ0) is 22.6. The van der Waals surface area contributed by atoms with E-state index >= 15 is 0 Å². The van der Waals surface area contributed by atoms with Crippen LogP contribution in [0.25, 0.3) is 0 Å². The molecule has 0 aromatic heterocycles. The summed E-state index contributed by atoms with van der Waals surface area (Å²) < 4.78 is 10.9. The fourth-order valence-electron chi connectivity index (χ4n) is 4.03. The highest BCUT2D eigenvalue weighted by Crippen LogP contribution is 2.28. The molecule has 0 spiro atoms. The molecule has 170 valence electrons. The first-order valence-electron chi connectivity index (χ1n) is 11.6. The van der Waals surface area contributed by atoms with E-state index in [1.54, 1.807) is 24.3 Å². The van der Waals surface area contributed by atoms with Gasteiger partial charge in [0.25, 0.3) is 0 Å². The summed E-state index contributed by atoms with van der Waals surface area (Å²) in [6.07, 6.45) is 7.18. The molecule has 0 heterocycles. The van der Waals surface area contributed by atoms with E-state index in [-0.39, 0.29) is 16.5 Å². The number of esters is 2. The van der Waals surface area contributed by atoms with E-state index in [0.717, 1.165) is 38.5 Å². The summed E-state index contributed by atoms with van der Waals surface area (Å²) in [6, 6.07) is 6.74. The second-order valence-electron chi connectivity index (χ2n) is 9.71. The molecule has 0 aliphatic carbocycles. The minimum atomic E-state index is -0.457. The smallest absolute Gasteiger partial charge is 0.339 e. The van der Waals surface area contributed by atoms with Crippen LogP contribution in [0.5, 0.6) is 0 Å². The van der Waals surface area contributed by atoms with Crippen LogP contribution in [0.1, 0.15) is 107 Å². The van der Waals surface area contributed by atoms with Crippen molar-refractivity contribution in [3.8, 4) is 0 Å². The van der Waals surface area contributed by atoms with E-state index in [9.17, 15) is 9.59 Å². The van der Waals surface area contributed by atoms with Gasteiger partial charge in [0.1, 0.15) is 0 Å². The van der Waals surface area contributed by atoms with E-state index < -0.39 is 11.9 Å². The molecule has 1 unspecified atom stereocenters. The Labute approximate surface area is 183 Å². The summed E-state index contributed by atoms with van der Waals surface area (Å²) in [4.78, 5) is 25.0. The molecule has 30 heavy (non-hydrogen) atoms. The van der Waals surface area contributed by atoms with Gasteiger partial charge in [0.2, 0.25) is 0 Å². The lowest BCUT2D eigenvalue weighted by Gasteiger charge is -2.23. The minimum absolute atomic E-state index is 0.259. The number of hydrogen-bond donors (Lipinski definition) is 0. The van der Waals surface area contributed by atoms with Gasteiger partial charge in [0.05, 0.1) is 24.3 Å². The molecule has 1 atom stereocenters. The number of hydrogen-bond acceptors (Lipinski definition) is 4. The quantitative estimate of drug-likeness (QED) is 0.239. The Morgan fingerprint density at radius 3 is 1.93 bits per heavy atom. The Hall–Kier alpha value is -1.84. The molecule has 1 aromatic rings. The fraction of sp³-hybridized carbons (Fsp3) is 0.692. The van der Waals surface area contributed by atoms with Crippen LogP contribution in [0.4, 0.5) is 0 Å². The monoisotopic (exact) mass is 418 g/mol. The van der Waals surface area contributed by atoms with Crippen molar-refractivity contribution >= 4 is 11.9 Å². The zero-order valence-corrected chi connectivity index (χ0v) is 20.0. The highest BCUT2D eigenvalue weighted by molar-refractivity contribution is 6.03. The molecular formula is C26H42O4. The van der Waals surface area contributed by atoms with Crippen molar-refractivity contribution in [2.24, 2.45) is 17.3 Å². The van der Waals surface area contributed by atoms with Gasteiger partial charge < -0.3 is 9.47 Å². The second kappa shape index (κ2) is 13.5. The largest absolute Gasteiger partial charge is 0.462 e. The first-order valence-corrected chi connectivity index (χ1v) is 11.6. The highest BCUT2D eigenvalue weighted by Gasteiger charge is 2.20. The normalized spacial score (nSPS) is 12.6. The standard InChI is InChI=1S/C26H42O4/c1-7-15-26(5,6)16-11-18-30-25(28)23-14-9-8-13-22(23)24(27)29-17-10-12-21(4)19-20(2)3/h8-9,13-14,20-21H,7,10-12,15-19H2,1-6H3. The van der Waals surface area contributed by atoms with Crippen LogP contribution < -0.4 is 0 Å². The first kappa shape index (κ1) is 26.2. The predicted octanol–water partition coefficient (Wildman–Crippen LogP) is 7.07. The molecule has 0 radical (unpaired) electrons. The molecule has 0 saturated carbocycles. The third kappa shape index (κ3) is 10.3. The van der Waals surface area contributed by atoms with Gasteiger partial charge in [-0.3, -0.25) is 0 Å². The number of benzene rings is 1. The molecule has 0 fully saturated rings. The van der Waals surface area contributed by atoms with Gasteiger partial charge in [-0.05, 0) is 67.9 Å². The Bertz CT molecular complexity index is 648. The van der Waals surface area contributed by atoms with Crippen molar-refractivity contribution in [1.82, 2.24) is 0 Å². The van der Waals surface area contributed by atoms with E-state index in [1.165, 1.54) is 6.42 Å². The van der Waals surface area contributed by atoms with Crippen LogP contribution in [0.15, 0.2) is 24.3 Å². The lowest BCUT2D eigenvalue weighted by atomic mass is 9.83. The average Bonchev–Trinajstić information content (AvgIpc) is 2.67. The van der Waals surface area contributed by atoms with Crippen LogP contribution in [-0.2, 0) is 9.47 Å². The zero-order valence-electron chi connectivity index (χ0n) is 20.0. The number of carbonyl (C=O) groups is 2. The highest BCUT2D eigenvalue weighted by atomic mass is 16.5. The van der Waals surface area contributed by atoms with Crippen molar-refractivity contribution in [2.75, 3.05) is 13.2 Å². The lowest BCUT2D eigenvalue weighted by molar-refractivity contribution is 0.0442. The molecule has 1 aromatic carbocycles. The summed E-state index contributed by atoms with van der Waals surface area (Å²) in [5, 5.41) is 0. The molecule has 0 aliphatic heterocycles. The van der Waals surface area contributed by atoms with Crippen molar-refractivity contribution < 1.29 is 19.1 Å². The Morgan fingerprint density at radius 1 is 0.900 bits per heavy atom. The predicted molar refractivity (Wildman–Crippen MR) is 123 cm³/mol. The van der Waals surface area contributed by atoms with Crippen molar-refractivity contribution in [3.05, 3.63) is 35.4 Å². The Balaban J connectivity index is 2.50. The SMILES string of the molecule is CCCC(C)(C)CCCOC(=O)c1ccccc1C(=O)OCCCC(C)CC(C)C. The van der Waals surface area contributed by atoms with E-state index in [1.807, 2.05) is 0 Å². The van der Waals surface area contributed by atoms with Crippen LogP contribution >= 0.6 is 0 Å². The molecule has 0 N–H and O–H groups in total. The third-order valence-electron chi connectivity index (χ3n) is 5.47. The van der Waals surface area contributed by atoms with Gasteiger partial charge in [0, 0.05) is 0 Å². The van der Waals surface area contributed by atoms with Gasteiger partial charge in [-0.1, -0.05) is 60.1 Å². The van der Waals surface area contributed by atoms with E-state index in [2.05, 4.69) is 41.5 Å². The number of ether oxygens (including phenoxy) is 2. The first-order chi connectivity index (χ1) is 14.2. The maximum Gasteiger partial charge on any atom is 0.339 e. The molecule has 1 rings (SSSR count). The molecule has 0 bridgehead atoms. The van der Waals surface area contributed by atoms with E-state index in [0.29, 0.717) is 25.0 Å². The summed E-state index contributed by atoms with van der Waals surface area (Å²) in [5.74, 6) is 0.385. The minimum Gasteiger partial charge on any atom is -0.462 e.